The zero-order valence-corrected chi connectivity index (χ0v) is 24.4. The van der Waals surface area contributed by atoms with Crippen molar-refractivity contribution in [1.29, 1.82) is 0 Å². The molecule has 2 heterocycles. The lowest BCUT2D eigenvalue weighted by atomic mass is 10.1. The molecule has 8 N–H and O–H groups in total. The number of ether oxygens (including phenoxy) is 3. The summed E-state index contributed by atoms with van der Waals surface area (Å²) in [5, 5.41) is 6.86. The molecule has 3 unspecified atom stereocenters. The van der Waals surface area contributed by atoms with Gasteiger partial charge in [0, 0.05) is 32.5 Å². The van der Waals surface area contributed by atoms with Crippen LogP contribution in [0.25, 0.3) is 0 Å². The van der Waals surface area contributed by atoms with Gasteiger partial charge in [-0.05, 0) is 71.2 Å². The van der Waals surface area contributed by atoms with Crippen LogP contribution in [0, 0.1) is 0 Å². The Kier molecular flexibility index (Phi) is 16.4. The molecule has 16 heteroatoms. The van der Waals surface area contributed by atoms with E-state index in [4.69, 9.17) is 34.7 Å². The van der Waals surface area contributed by atoms with Crippen molar-refractivity contribution in [2.45, 2.75) is 69.1 Å². The fourth-order valence-corrected chi connectivity index (χ4v) is 5.48. The largest absolute Gasteiger partial charge is 0.472 e. The van der Waals surface area contributed by atoms with Crippen LogP contribution in [0.3, 0.4) is 0 Å². The fraction of sp³-hybridized carbons (Fsp3) is 0.833. The van der Waals surface area contributed by atoms with Crippen molar-refractivity contribution in [2.75, 3.05) is 60.2 Å². The van der Waals surface area contributed by atoms with Crippen LogP contribution in [0.4, 0.5) is 0 Å². The van der Waals surface area contributed by atoms with Crippen LogP contribution < -0.4 is 33.3 Å². The number of phosphoric acid groups is 1. The molecule has 0 spiro atoms. The van der Waals surface area contributed by atoms with Gasteiger partial charge in [-0.3, -0.25) is 23.4 Å². The third-order valence-electron chi connectivity index (χ3n) is 6.50. The minimum absolute atomic E-state index is 0.0202. The average molecular weight is 595 g/mol. The first-order valence-electron chi connectivity index (χ1n) is 13.7. The summed E-state index contributed by atoms with van der Waals surface area (Å²) in [5.74, 6) is 0. The molecule has 1 aliphatic heterocycles. The number of phosphoric ester groups is 1. The molecule has 6 atom stereocenters. The van der Waals surface area contributed by atoms with Gasteiger partial charge < -0.3 is 41.2 Å². The molecule has 0 amide bonds. The Bertz CT molecular complexity index is 996. The highest BCUT2D eigenvalue weighted by molar-refractivity contribution is 7.47. The predicted octanol–water partition coefficient (Wildman–Crippen LogP) is -0.597. The Hall–Kier alpha value is -1.49. The smallest absolute Gasteiger partial charge is 0.382 e. The van der Waals surface area contributed by atoms with Gasteiger partial charge in [0.25, 0.3) is 5.56 Å². The summed E-state index contributed by atoms with van der Waals surface area (Å²) in [4.78, 5) is 36.6. The minimum Gasteiger partial charge on any atom is -0.382 e. The molecule has 40 heavy (non-hydrogen) atoms. The van der Waals surface area contributed by atoms with E-state index < -0.39 is 43.6 Å². The molecular formula is C24H47N6O9P. The molecule has 1 saturated heterocycles. The van der Waals surface area contributed by atoms with Crippen LogP contribution in [0.15, 0.2) is 21.9 Å². The second-order valence-electron chi connectivity index (χ2n) is 9.58. The van der Waals surface area contributed by atoms with E-state index in [9.17, 15) is 19.0 Å². The second-order valence-corrected chi connectivity index (χ2v) is 11.0. The van der Waals surface area contributed by atoms with Crippen LogP contribution in [0.1, 0.15) is 44.8 Å². The third-order valence-corrected chi connectivity index (χ3v) is 7.52. The Morgan fingerprint density at radius 2 is 1.80 bits per heavy atom. The van der Waals surface area contributed by atoms with Crippen LogP contribution >= 0.6 is 7.82 Å². The lowest BCUT2D eigenvalue weighted by molar-refractivity contribution is -0.0641. The molecule has 0 saturated carbocycles. The van der Waals surface area contributed by atoms with Crippen molar-refractivity contribution in [3.63, 3.8) is 0 Å². The topological polar surface area (TPSA) is 214 Å². The van der Waals surface area contributed by atoms with Gasteiger partial charge in [-0.15, -0.1) is 0 Å². The van der Waals surface area contributed by atoms with E-state index in [1.807, 2.05) is 0 Å². The molecule has 0 aliphatic carbocycles. The summed E-state index contributed by atoms with van der Waals surface area (Å²) in [6, 6.07) is 1.34. The first kappa shape index (κ1) is 34.7. The average Bonchev–Trinajstić information content (AvgIpc) is 3.24. The molecule has 1 aromatic rings. The number of hydrogen-bond acceptors (Lipinski definition) is 12. The van der Waals surface area contributed by atoms with E-state index in [-0.39, 0.29) is 19.3 Å². The standard InChI is InChI=1S/C24H47N6O9P/c1-35-17-19-21(36-2)22(23(38-19)30-15-9-20(31)29-24(30)32)39-40(33,34)37-16-4-8-18(28-14-6-11-26)7-3-12-27-13-5-10-25/h9,15,18-19,21-23,27-28H,3-8,10-14,16-17,25-26H2,1-2H3,(H,33,34)(H,29,31,32)/t18?,19-,21+,22?,23-/m1/s1. The van der Waals surface area contributed by atoms with Crippen molar-refractivity contribution in [1.82, 2.24) is 20.2 Å². The molecule has 15 nitrogen and oxygen atoms in total. The maximum absolute atomic E-state index is 12.9. The van der Waals surface area contributed by atoms with E-state index in [0.717, 1.165) is 62.4 Å². The van der Waals surface area contributed by atoms with Gasteiger partial charge in [-0.1, -0.05) is 0 Å². The van der Waals surface area contributed by atoms with Crippen LogP contribution in [0.5, 0.6) is 0 Å². The number of nitrogens with zero attached hydrogens (tertiary/aromatic N) is 1. The third kappa shape index (κ3) is 11.8. The van der Waals surface area contributed by atoms with E-state index in [0.29, 0.717) is 19.5 Å². The Balaban J connectivity index is 1.96. The number of H-pyrrole nitrogens is 1. The predicted molar refractivity (Wildman–Crippen MR) is 149 cm³/mol. The van der Waals surface area contributed by atoms with Crippen LogP contribution in [0.2, 0.25) is 0 Å². The maximum Gasteiger partial charge on any atom is 0.472 e. The number of nitrogens with one attached hydrogen (secondary N) is 3. The summed E-state index contributed by atoms with van der Waals surface area (Å²) < 4.78 is 41.4. The fourth-order valence-electron chi connectivity index (χ4n) is 4.53. The molecule has 0 radical (unpaired) electrons. The molecule has 2 rings (SSSR count). The Morgan fingerprint density at radius 3 is 2.48 bits per heavy atom. The number of aromatic nitrogens is 2. The lowest BCUT2D eigenvalue weighted by Gasteiger charge is -2.25. The number of methoxy groups -OCH3 is 2. The highest BCUT2D eigenvalue weighted by Gasteiger charge is 2.50. The van der Waals surface area contributed by atoms with Gasteiger partial charge in [-0.2, -0.15) is 0 Å². The summed E-state index contributed by atoms with van der Waals surface area (Å²) in [5.41, 5.74) is 9.77. The van der Waals surface area contributed by atoms with Gasteiger partial charge in [0.1, 0.15) is 18.3 Å². The van der Waals surface area contributed by atoms with Crippen molar-refractivity contribution in [3.05, 3.63) is 33.1 Å². The van der Waals surface area contributed by atoms with E-state index >= 15 is 0 Å². The summed E-state index contributed by atoms with van der Waals surface area (Å²) >= 11 is 0. The summed E-state index contributed by atoms with van der Waals surface area (Å²) in [6.07, 6.45) is 2.21. The van der Waals surface area contributed by atoms with Gasteiger partial charge >= 0.3 is 13.5 Å². The highest BCUT2D eigenvalue weighted by atomic mass is 31.2. The monoisotopic (exact) mass is 594 g/mol. The summed E-state index contributed by atoms with van der Waals surface area (Å²) in [6.45, 7) is 3.88. The van der Waals surface area contributed by atoms with E-state index in [2.05, 4.69) is 15.6 Å². The quantitative estimate of drug-likeness (QED) is 0.0732. The van der Waals surface area contributed by atoms with Gasteiger partial charge in [-0.25, -0.2) is 9.36 Å². The van der Waals surface area contributed by atoms with Crippen molar-refractivity contribution in [2.24, 2.45) is 11.5 Å². The molecular weight excluding hydrogens is 547 g/mol. The molecule has 232 valence electrons. The number of nitrogens with two attached hydrogens (primary N) is 2. The Labute approximate surface area is 234 Å². The van der Waals surface area contributed by atoms with Crippen molar-refractivity contribution >= 4 is 7.82 Å². The Morgan fingerprint density at radius 1 is 1.10 bits per heavy atom. The molecule has 0 bridgehead atoms. The highest BCUT2D eigenvalue weighted by Crippen LogP contribution is 2.49. The molecule has 1 aromatic heterocycles. The number of hydrogen-bond donors (Lipinski definition) is 6. The zero-order chi connectivity index (χ0) is 29.4. The molecule has 1 fully saturated rings. The normalized spacial score (nSPS) is 23.3. The van der Waals surface area contributed by atoms with E-state index in [1.165, 1.54) is 20.4 Å². The van der Waals surface area contributed by atoms with Gasteiger partial charge in [0.2, 0.25) is 0 Å². The van der Waals surface area contributed by atoms with E-state index in [1.54, 1.807) is 0 Å². The minimum atomic E-state index is -4.59. The first-order valence-corrected chi connectivity index (χ1v) is 15.2. The van der Waals surface area contributed by atoms with Crippen molar-refractivity contribution < 1.29 is 32.7 Å². The summed E-state index contributed by atoms with van der Waals surface area (Å²) in [7, 11) is -1.74. The zero-order valence-electron chi connectivity index (χ0n) is 23.5. The van der Waals surface area contributed by atoms with Crippen LogP contribution in [-0.2, 0) is 27.8 Å². The van der Waals surface area contributed by atoms with Gasteiger partial charge in [0.05, 0.1) is 13.2 Å². The van der Waals surface area contributed by atoms with Crippen molar-refractivity contribution in [3.8, 4) is 0 Å². The molecule has 0 aromatic carbocycles. The first-order chi connectivity index (χ1) is 19.3. The SMILES string of the molecule is COC[C@H]1O[C@@H](n2ccc(=O)[nH]c2=O)C(OP(=O)(O)OCCCC(CCCNCCCN)NCCCN)[C@H]1OC. The van der Waals surface area contributed by atoms with Gasteiger partial charge in [0.15, 0.2) is 6.23 Å². The number of rotatable bonds is 22. The molecule has 1 aliphatic rings. The maximum atomic E-state index is 12.9. The second kappa shape index (κ2) is 18.8. The van der Waals surface area contributed by atoms with Crippen LogP contribution in [-0.4, -0.2) is 99.0 Å². The number of aromatic amines is 1. The lowest BCUT2D eigenvalue weighted by Crippen LogP contribution is -2.40.